The van der Waals surface area contributed by atoms with Crippen molar-refractivity contribution in [1.29, 1.82) is 0 Å². The Bertz CT molecular complexity index is 1080. The van der Waals surface area contributed by atoms with Crippen molar-refractivity contribution in [2.75, 3.05) is 16.5 Å². The van der Waals surface area contributed by atoms with Crippen LogP contribution in [-0.2, 0) is 19.2 Å². The summed E-state index contributed by atoms with van der Waals surface area (Å²) in [5, 5.41) is 0.663. The fraction of sp³-hybridized carbons (Fsp3) is 0.406. The average molecular weight is 682 g/mol. The summed E-state index contributed by atoms with van der Waals surface area (Å²) >= 11 is 8.51. The Morgan fingerprint density at radius 2 is 1.00 bits per heavy atom. The quantitative estimate of drug-likeness (QED) is 0.242. The van der Waals surface area contributed by atoms with E-state index < -0.39 is 0 Å². The van der Waals surface area contributed by atoms with Crippen molar-refractivity contribution in [2.45, 2.75) is 79.1 Å². The van der Waals surface area contributed by atoms with Gasteiger partial charge >= 0.3 is 63.3 Å². The normalized spacial score (nSPS) is 12.6. The van der Waals surface area contributed by atoms with Crippen molar-refractivity contribution >= 4 is 52.0 Å². The van der Waals surface area contributed by atoms with Gasteiger partial charge in [0.1, 0.15) is 0 Å². The van der Waals surface area contributed by atoms with Gasteiger partial charge in [-0.2, -0.15) is 0 Å². The number of aromatic nitrogens is 1. The number of nitrogens with zero attached hydrogens (tertiary/aromatic N) is 3. The van der Waals surface area contributed by atoms with Crippen molar-refractivity contribution in [3.63, 3.8) is 0 Å². The number of anilines is 2. The van der Waals surface area contributed by atoms with E-state index in [0.717, 1.165) is 10.8 Å². The van der Waals surface area contributed by atoms with Crippen LogP contribution in [0.4, 0.5) is 11.4 Å². The Balaban J connectivity index is 0.000000655. The minimum atomic E-state index is 0. The van der Waals surface area contributed by atoms with E-state index in [2.05, 4.69) is 138 Å². The number of halogens is 3. The molecule has 0 aliphatic carbocycles. The first kappa shape index (κ1) is 35.5. The maximum absolute atomic E-state index is 5.61. The Hall–Kier alpha value is -1.54. The molecule has 2 aromatic carbocycles. The third-order valence-electron chi connectivity index (χ3n) is 6.68. The standard InChI is InChI=1S/C27H38N2.C5H3ClN.2ClH.Pd/c1-18(2)22-11-9-12-23(19(3)4)26(22)28-15-16-29(17-28)27-24(20(5)6)13-10-14-25(27)21(7)8;6-5-2-1-3-7-4-5;;;/h9-16,18-21H,17H2,1-8H3;1-3H;2*1H;. The maximum atomic E-state index is 5.61. The predicted octanol–water partition coefficient (Wildman–Crippen LogP) is 9.69. The van der Waals surface area contributed by atoms with E-state index in [1.165, 1.54) is 33.6 Å². The summed E-state index contributed by atoms with van der Waals surface area (Å²) < 4.78 is 0.733. The molecule has 2 heterocycles. The molecule has 1 aliphatic heterocycles. The molecule has 3 aromatic rings. The first-order valence-electron chi connectivity index (χ1n) is 13.2. The zero-order chi connectivity index (χ0) is 27.3. The van der Waals surface area contributed by atoms with E-state index >= 15 is 0 Å². The van der Waals surface area contributed by atoms with Crippen LogP contribution in [0.3, 0.4) is 0 Å². The second-order valence-corrected chi connectivity index (χ2v) is 12.0. The van der Waals surface area contributed by atoms with Crippen LogP contribution in [-0.4, -0.2) is 11.7 Å². The fourth-order valence-electron chi connectivity index (χ4n) is 4.75. The Morgan fingerprint density at radius 1 is 0.641 bits per heavy atom. The molecule has 0 fully saturated rings. The first-order valence-corrected chi connectivity index (χ1v) is 14.4. The molecular weight excluding hydrogens is 639 g/mol. The molecule has 0 amide bonds. The molecule has 7 heteroatoms. The molecule has 0 radical (unpaired) electrons. The fourth-order valence-corrected chi connectivity index (χ4v) is 5.12. The van der Waals surface area contributed by atoms with Gasteiger partial charge in [-0.1, -0.05) is 91.8 Å². The summed E-state index contributed by atoms with van der Waals surface area (Å²) in [5.41, 5.74) is 8.52. The topological polar surface area (TPSA) is 19.4 Å². The van der Waals surface area contributed by atoms with Crippen LogP contribution in [0.15, 0.2) is 67.1 Å². The molecule has 4 rings (SSSR count). The number of pyridine rings is 1. The van der Waals surface area contributed by atoms with Gasteiger partial charge in [-0.25, -0.2) is 0 Å². The minimum absolute atomic E-state index is 0. The van der Waals surface area contributed by atoms with Gasteiger partial charge in [0, 0.05) is 23.8 Å². The third-order valence-corrected chi connectivity index (χ3v) is 7.82. The Labute approximate surface area is 264 Å². The van der Waals surface area contributed by atoms with E-state index in [-0.39, 0.29) is 24.8 Å². The van der Waals surface area contributed by atoms with Crippen molar-refractivity contribution in [1.82, 2.24) is 4.98 Å². The molecule has 0 unspecified atom stereocenters. The van der Waals surface area contributed by atoms with Gasteiger partial charge in [0.2, 0.25) is 0 Å². The predicted molar refractivity (Wildman–Crippen MR) is 172 cm³/mol. The molecule has 39 heavy (non-hydrogen) atoms. The van der Waals surface area contributed by atoms with Crippen LogP contribution in [0.25, 0.3) is 0 Å². The first-order chi connectivity index (χ1) is 17.5. The zero-order valence-electron chi connectivity index (χ0n) is 24.2. The number of benzene rings is 2. The SMILES string of the molecule is CC(C)c1cccc(C(C)C)c1N1C=CN(c2c(C(C)C)cccc2C(C)C)C1.Cl.Cl.Clc1cccn[c]1[Pd]. The van der Waals surface area contributed by atoms with Crippen LogP contribution in [0, 0.1) is 0 Å². The van der Waals surface area contributed by atoms with Gasteiger partial charge in [-0.05, 0) is 45.9 Å². The molecule has 0 spiro atoms. The van der Waals surface area contributed by atoms with Gasteiger partial charge in [0.25, 0.3) is 0 Å². The van der Waals surface area contributed by atoms with Gasteiger partial charge in [-0.3, -0.25) is 0 Å². The molecule has 0 saturated heterocycles. The summed E-state index contributed by atoms with van der Waals surface area (Å²) in [6, 6.07) is 17.2. The van der Waals surface area contributed by atoms with Gasteiger partial charge in [-0.15, -0.1) is 24.8 Å². The molecular formula is C32H43Cl3N3Pd. The van der Waals surface area contributed by atoms with Crippen LogP contribution in [0.1, 0.15) is 101 Å². The molecule has 0 bridgehead atoms. The molecule has 1 aromatic heterocycles. The van der Waals surface area contributed by atoms with E-state index in [9.17, 15) is 0 Å². The number of hydrogen-bond acceptors (Lipinski definition) is 3. The van der Waals surface area contributed by atoms with E-state index in [4.69, 9.17) is 11.6 Å². The summed E-state index contributed by atoms with van der Waals surface area (Å²) in [6.45, 7) is 19.2. The van der Waals surface area contributed by atoms with Gasteiger partial charge < -0.3 is 9.80 Å². The van der Waals surface area contributed by atoms with Crippen molar-refractivity contribution in [3.8, 4) is 0 Å². The second kappa shape index (κ2) is 16.0. The molecule has 217 valence electrons. The Kier molecular flexibility index (Phi) is 14.6. The van der Waals surface area contributed by atoms with Crippen LogP contribution in [0.5, 0.6) is 0 Å². The van der Waals surface area contributed by atoms with Gasteiger partial charge in [0.15, 0.2) is 0 Å². The summed E-state index contributed by atoms with van der Waals surface area (Å²) in [5.74, 6) is 2.00. The van der Waals surface area contributed by atoms with E-state index in [1.807, 2.05) is 0 Å². The molecule has 0 atom stereocenters. The Morgan fingerprint density at radius 3 is 1.26 bits per heavy atom. The summed E-state index contributed by atoms with van der Waals surface area (Å²) in [4.78, 5) is 8.78. The van der Waals surface area contributed by atoms with Crippen LogP contribution < -0.4 is 14.0 Å². The van der Waals surface area contributed by atoms with Crippen LogP contribution in [0.2, 0.25) is 5.02 Å². The van der Waals surface area contributed by atoms with Crippen LogP contribution >= 0.6 is 36.4 Å². The molecule has 3 nitrogen and oxygen atoms in total. The zero-order valence-corrected chi connectivity index (χ0v) is 28.2. The van der Waals surface area contributed by atoms with E-state index in [0.29, 0.717) is 28.7 Å². The van der Waals surface area contributed by atoms with Gasteiger partial charge in [0.05, 0.1) is 6.67 Å². The molecule has 1 aliphatic rings. The molecule has 0 saturated carbocycles. The number of para-hydroxylation sites is 2. The number of hydrogen-bond donors (Lipinski definition) is 0. The van der Waals surface area contributed by atoms with Crippen molar-refractivity contribution in [2.24, 2.45) is 0 Å². The van der Waals surface area contributed by atoms with Crippen molar-refractivity contribution in [3.05, 3.63) is 94.4 Å². The van der Waals surface area contributed by atoms with E-state index in [1.54, 1.807) is 18.3 Å². The number of rotatable bonds is 6. The third kappa shape index (κ3) is 8.72. The molecule has 0 N–H and O–H groups in total. The average Bonchev–Trinajstić information content (AvgIpc) is 3.34. The second-order valence-electron chi connectivity index (χ2n) is 10.8. The van der Waals surface area contributed by atoms with Crippen molar-refractivity contribution < 1.29 is 19.2 Å². The summed E-state index contributed by atoms with van der Waals surface area (Å²) in [6.07, 6.45) is 6.23. The monoisotopic (exact) mass is 680 g/mol. The summed E-state index contributed by atoms with van der Waals surface area (Å²) in [7, 11) is 0.